The first-order chi connectivity index (χ1) is 16.7. The molecule has 0 aromatic heterocycles. The standard InChI is InChI=1S/C25H36N4O6/c1-15(2)22-24(32)26-11-12-34-20-8-6-5-7-18(20)23(31)27-19(9-10-21(30)28-22)25(33)29-13-16(3)35-17(4)14-29/h5-8,15-17,19,22H,9-14H2,1-4H3,(H,26,32)(H,27,31)(H,28,30)/t16-,17+,19-,22-/m0/s1. The summed E-state index contributed by atoms with van der Waals surface area (Å²) in [5.41, 5.74) is 0.278. The van der Waals surface area contributed by atoms with Crippen molar-refractivity contribution in [2.75, 3.05) is 26.2 Å². The molecule has 0 spiro atoms. The third-order valence-corrected chi connectivity index (χ3v) is 6.05. The molecular formula is C25H36N4O6. The van der Waals surface area contributed by atoms with E-state index in [0.717, 1.165) is 0 Å². The van der Waals surface area contributed by atoms with Crippen LogP contribution < -0.4 is 20.7 Å². The minimum absolute atomic E-state index is 0.0270. The first-order valence-corrected chi connectivity index (χ1v) is 12.2. The molecule has 3 rings (SSSR count). The van der Waals surface area contributed by atoms with Crippen molar-refractivity contribution >= 4 is 23.6 Å². The number of rotatable bonds is 2. The number of amides is 4. The van der Waals surface area contributed by atoms with E-state index in [1.807, 2.05) is 27.7 Å². The lowest BCUT2D eigenvalue weighted by molar-refractivity contribution is -0.145. The molecular weight excluding hydrogens is 452 g/mol. The van der Waals surface area contributed by atoms with E-state index in [9.17, 15) is 19.2 Å². The lowest BCUT2D eigenvalue weighted by atomic mass is 10.0. The molecule has 2 aliphatic heterocycles. The molecule has 0 unspecified atom stereocenters. The normalized spacial score (nSPS) is 26.9. The molecule has 2 aliphatic rings. The van der Waals surface area contributed by atoms with Crippen LogP contribution in [0.1, 0.15) is 50.9 Å². The Labute approximate surface area is 206 Å². The largest absolute Gasteiger partial charge is 0.491 e. The van der Waals surface area contributed by atoms with Gasteiger partial charge in [-0.3, -0.25) is 19.2 Å². The molecule has 1 aromatic rings. The second kappa shape index (κ2) is 12.0. The first-order valence-electron chi connectivity index (χ1n) is 12.2. The van der Waals surface area contributed by atoms with Crippen LogP contribution in [0.2, 0.25) is 0 Å². The van der Waals surface area contributed by atoms with Gasteiger partial charge in [0.25, 0.3) is 5.91 Å². The topological polar surface area (TPSA) is 126 Å². The fourth-order valence-corrected chi connectivity index (χ4v) is 4.35. The monoisotopic (exact) mass is 488 g/mol. The number of ether oxygens (including phenoxy) is 2. The van der Waals surface area contributed by atoms with Crippen LogP contribution in [0.4, 0.5) is 0 Å². The van der Waals surface area contributed by atoms with Gasteiger partial charge in [0.2, 0.25) is 17.7 Å². The number of fused-ring (bicyclic) bond motifs is 1. The minimum Gasteiger partial charge on any atom is -0.491 e. The van der Waals surface area contributed by atoms with E-state index in [1.165, 1.54) is 0 Å². The summed E-state index contributed by atoms with van der Waals surface area (Å²) in [5.74, 6) is -1.19. The second-order valence-corrected chi connectivity index (χ2v) is 9.49. The van der Waals surface area contributed by atoms with Crippen molar-refractivity contribution in [1.82, 2.24) is 20.9 Å². The third kappa shape index (κ3) is 7.17. The summed E-state index contributed by atoms with van der Waals surface area (Å²) < 4.78 is 11.5. The van der Waals surface area contributed by atoms with E-state index in [-0.39, 0.29) is 67.4 Å². The smallest absolute Gasteiger partial charge is 0.255 e. The summed E-state index contributed by atoms with van der Waals surface area (Å²) >= 11 is 0. The van der Waals surface area contributed by atoms with Crippen LogP contribution in [0, 0.1) is 5.92 Å². The van der Waals surface area contributed by atoms with Crippen LogP contribution in [0.3, 0.4) is 0 Å². The SMILES string of the molecule is CC(C)[C@@H]1NC(=O)CC[C@@H](C(=O)N2C[C@@H](C)O[C@@H](C)C2)NC(=O)c2ccccc2OCCNC1=O. The Hall–Kier alpha value is -3.14. The van der Waals surface area contributed by atoms with Crippen molar-refractivity contribution in [1.29, 1.82) is 0 Å². The molecule has 0 saturated carbocycles. The lowest BCUT2D eigenvalue weighted by Crippen LogP contribution is -2.55. The maximum absolute atomic E-state index is 13.5. The number of morpholine rings is 1. The van der Waals surface area contributed by atoms with Gasteiger partial charge in [-0.25, -0.2) is 0 Å². The predicted molar refractivity (Wildman–Crippen MR) is 129 cm³/mol. The summed E-state index contributed by atoms with van der Waals surface area (Å²) in [6.45, 7) is 8.63. The maximum Gasteiger partial charge on any atom is 0.255 e. The number of benzene rings is 1. The van der Waals surface area contributed by atoms with Gasteiger partial charge in [0.05, 0.1) is 24.3 Å². The fraction of sp³-hybridized carbons (Fsp3) is 0.600. The van der Waals surface area contributed by atoms with Crippen molar-refractivity contribution in [3.63, 3.8) is 0 Å². The zero-order chi connectivity index (χ0) is 25.5. The molecule has 0 bridgehead atoms. The maximum atomic E-state index is 13.5. The van der Waals surface area contributed by atoms with E-state index >= 15 is 0 Å². The average Bonchev–Trinajstić information content (AvgIpc) is 2.81. The number of carbonyl (C=O) groups excluding carboxylic acids is 4. The summed E-state index contributed by atoms with van der Waals surface area (Å²) in [4.78, 5) is 53.7. The molecule has 35 heavy (non-hydrogen) atoms. The zero-order valence-electron chi connectivity index (χ0n) is 20.8. The van der Waals surface area contributed by atoms with Crippen LogP contribution in [0.15, 0.2) is 24.3 Å². The van der Waals surface area contributed by atoms with Crippen LogP contribution in [-0.2, 0) is 19.1 Å². The molecule has 4 amide bonds. The van der Waals surface area contributed by atoms with Crippen LogP contribution in [0.25, 0.3) is 0 Å². The van der Waals surface area contributed by atoms with Crippen LogP contribution >= 0.6 is 0 Å². The summed E-state index contributed by atoms with van der Waals surface area (Å²) in [5, 5.41) is 8.36. The van der Waals surface area contributed by atoms with Crippen molar-refractivity contribution in [2.45, 2.75) is 64.8 Å². The fourth-order valence-electron chi connectivity index (χ4n) is 4.35. The number of nitrogens with zero attached hydrogens (tertiary/aromatic N) is 1. The predicted octanol–water partition coefficient (Wildman–Crippen LogP) is 0.850. The lowest BCUT2D eigenvalue weighted by Gasteiger charge is -2.37. The van der Waals surface area contributed by atoms with E-state index in [4.69, 9.17) is 9.47 Å². The quantitative estimate of drug-likeness (QED) is 0.567. The van der Waals surface area contributed by atoms with Gasteiger partial charge in [0, 0.05) is 19.5 Å². The average molecular weight is 489 g/mol. The number of para-hydroxylation sites is 1. The second-order valence-electron chi connectivity index (χ2n) is 9.49. The molecule has 1 saturated heterocycles. The van der Waals surface area contributed by atoms with Gasteiger partial charge >= 0.3 is 0 Å². The molecule has 192 valence electrons. The van der Waals surface area contributed by atoms with Crippen molar-refractivity contribution in [3.8, 4) is 5.75 Å². The van der Waals surface area contributed by atoms with E-state index in [2.05, 4.69) is 16.0 Å². The van der Waals surface area contributed by atoms with E-state index in [1.54, 1.807) is 29.2 Å². The van der Waals surface area contributed by atoms with Crippen molar-refractivity contribution < 1.29 is 28.7 Å². The highest BCUT2D eigenvalue weighted by Crippen LogP contribution is 2.19. The van der Waals surface area contributed by atoms with Crippen molar-refractivity contribution in [3.05, 3.63) is 29.8 Å². The van der Waals surface area contributed by atoms with E-state index < -0.39 is 18.0 Å². The Morgan fingerprint density at radius 2 is 1.74 bits per heavy atom. The number of hydrogen-bond donors (Lipinski definition) is 3. The Morgan fingerprint density at radius 1 is 1.06 bits per heavy atom. The number of carbonyl (C=O) groups is 4. The Balaban J connectivity index is 1.87. The molecule has 0 aliphatic carbocycles. The van der Waals surface area contributed by atoms with Gasteiger partial charge in [-0.05, 0) is 38.3 Å². The van der Waals surface area contributed by atoms with Gasteiger partial charge in [-0.15, -0.1) is 0 Å². The van der Waals surface area contributed by atoms with E-state index in [0.29, 0.717) is 18.8 Å². The molecule has 1 aromatic carbocycles. The zero-order valence-corrected chi connectivity index (χ0v) is 20.8. The Morgan fingerprint density at radius 3 is 2.43 bits per heavy atom. The van der Waals surface area contributed by atoms with Gasteiger partial charge in [-0.2, -0.15) is 0 Å². The molecule has 0 radical (unpaired) electrons. The number of nitrogens with one attached hydrogen (secondary N) is 3. The Bertz CT molecular complexity index is 926. The minimum atomic E-state index is -0.921. The molecule has 3 N–H and O–H groups in total. The summed E-state index contributed by atoms with van der Waals surface area (Å²) in [6.07, 6.45) is -0.209. The van der Waals surface area contributed by atoms with Gasteiger partial charge in [0.1, 0.15) is 24.4 Å². The highest BCUT2D eigenvalue weighted by atomic mass is 16.5. The van der Waals surface area contributed by atoms with Gasteiger partial charge in [-0.1, -0.05) is 26.0 Å². The molecule has 4 atom stereocenters. The van der Waals surface area contributed by atoms with Crippen LogP contribution in [0.5, 0.6) is 5.75 Å². The third-order valence-electron chi connectivity index (χ3n) is 6.05. The van der Waals surface area contributed by atoms with Crippen molar-refractivity contribution in [2.24, 2.45) is 5.92 Å². The molecule has 2 heterocycles. The van der Waals surface area contributed by atoms with Gasteiger partial charge < -0.3 is 30.3 Å². The molecule has 10 nitrogen and oxygen atoms in total. The molecule has 1 fully saturated rings. The summed E-state index contributed by atoms with van der Waals surface area (Å²) in [6, 6.07) is 5.10. The van der Waals surface area contributed by atoms with Crippen LogP contribution in [-0.4, -0.2) is 79.1 Å². The van der Waals surface area contributed by atoms with Gasteiger partial charge in [0.15, 0.2) is 0 Å². The number of hydrogen-bond acceptors (Lipinski definition) is 6. The highest BCUT2D eigenvalue weighted by Gasteiger charge is 2.33. The first kappa shape index (κ1) is 26.5. The highest BCUT2D eigenvalue weighted by molar-refractivity contribution is 6.00. The Kier molecular flexibility index (Phi) is 9.08. The molecule has 10 heteroatoms. The summed E-state index contributed by atoms with van der Waals surface area (Å²) in [7, 11) is 0.